The van der Waals surface area contributed by atoms with Crippen LogP contribution in [0.1, 0.15) is 78.6 Å². The van der Waals surface area contributed by atoms with E-state index in [0.717, 1.165) is 48.9 Å². The van der Waals surface area contributed by atoms with Gasteiger partial charge in [0.2, 0.25) is 0 Å². The summed E-state index contributed by atoms with van der Waals surface area (Å²) in [5, 5.41) is 0. The predicted molar refractivity (Wildman–Crippen MR) is 97.5 cm³/mol. The highest BCUT2D eigenvalue weighted by atomic mass is 19.1. The maximum absolute atomic E-state index is 13.0. The highest BCUT2D eigenvalue weighted by Crippen LogP contribution is 2.64. The first-order valence-corrected chi connectivity index (χ1v) is 10.7. The van der Waals surface area contributed by atoms with E-state index in [9.17, 15) is 9.18 Å². The summed E-state index contributed by atoms with van der Waals surface area (Å²) < 4.78 is 13.0. The molecule has 0 bridgehead atoms. The third-order valence-electron chi connectivity index (χ3n) is 8.52. The minimum atomic E-state index is -0.0982. The van der Waals surface area contributed by atoms with Crippen molar-refractivity contribution in [2.75, 3.05) is 6.67 Å². The quantitative estimate of drug-likeness (QED) is 0.560. The molecular weight excluding hydrogens is 299 g/mol. The van der Waals surface area contributed by atoms with Crippen molar-refractivity contribution in [3.8, 4) is 0 Å². The zero-order valence-electron chi connectivity index (χ0n) is 16.0. The normalized spacial score (nSPS) is 49.9. The molecule has 0 aromatic carbocycles. The topological polar surface area (TPSA) is 17.1 Å². The van der Waals surface area contributed by atoms with Crippen molar-refractivity contribution in [2.45, 2.75) is 78.6 Å². The molecule has 0 saturated heterocycles. The molecule has 1 nitrogen and oxygen atoms in total. The Hall–Kier alpha value is -0.400. The Labute approximate surface area is 148 Å². The number of halogens is 1. The molecule has 4 saturated carbocycles. The van der Waals surface area contributed by atoms with Gasteiger partial charge in [-0.2, -0.15) is 0 Å². The van der Waals surface area contributed by atoms with Crippen LogP contribution in [0.25, 0.3) is 0 Å². The highest BCUT2D eigenvalue weighted by molar-refractivity contribution is 5.56. The smallest absolute Gasteiger partial charge is 0.123 e. The molecule has 8 unspecified atom stereocenters. The Balaban J connectivity index is 0.000000815. The summed E-state index contributed by atoms with van der Waals surface area (Å²) in [6.07, 6.45) is 12.5. The third-order valence-corrected chi connectivity index (χ3v) is 8.52. The van der Waals surface area contributed by atoms with E-state index in [1.165, 1.54) is 44.8 Å². The van der Waals surface area contributed by atoms with Crippen LogP contribution in [0.2, 0.25) is 0 Å². The maximum atomic E-state index is 13.0. The molecule has 138 valence electrons. The summed E-state index contributed by atoms with van der Waals surface area (Å²) >= 11 is 0. The van der Waals surface area contributed by atoms with E-state index < -0.39 is 0 Å². The second-order valence-electron chi connectivity index (χ2n) is 9.13. The van der Waals surface area contributed by atoms with Crippen molar-refractivity contribution in [1.82, 2.24) is 0 Å². The van der Waals surface area contributed by atoms with Gasteiger partial charge in [-0.3, -0.25) is 4.39 Å². The van der Waals surface area contributed by atoms with Crippen LogP contribution in [-0.2, 0) is 4.79 Å². The van der Waals surface area contributed by atoms with Crippen molar-refractivity contribution < 1.29 is 9.18 Å². The first-order valence-electron chi connectivity index (χ1n) is 10.7. The molecule has 0 aliphatic heterocycles. The minimum absolute atomic E-state index is 0.0982. The van der Waals surface area contributed by atoms with E-state index in [2.05, 4.69) is 6.92 Å². The van der Waals surface area contributed by atoms with Crippen LogP contribution in [0.15, 0.2) is 0 Å². The van der Waals surface area contributed by atoms with Gasteiger partial charge in [0.1, 0.15) is 6.29 Å². The van der Waals surface area contributed by atoms with Crippen LogP contribution >= 0.6 is 0 Å². The first kappa shape index (κ1) is 18.4. The lowest BCUT2D eigenvalue weighted by Crippen LogP contribution is -2.48. The minimum Gasteiger partial charge on any atom is -0.303 e. The van der Waals surface area contributed by atoms with Gasteiger partial charge in [0, 0.05) is 5.92 Å². The second kappa shape index (κ2) is 7.46. The molecule has 0 N–H and O–H groups in total. The number of hydrogen-bond acceptors (Lipinski definition) is 1. The second-order valence-corrected chi connectivity index (χ2v) is 9.13. The maximum Gasteiger partial charge on any atom is 0.123 e. The largest absolute Gasteiger partial charge is 0.303 e. The molecule has 0 aromatic heterocycles. The highest BCUT2D eigenvalue weighted by Gasteiger charge is 2.56. The van der Waals surface area contributed by atoms with Crippen LogP contribution in [0.3, 0.4) is 0 Å². The van der Waals surface area contributed by atoms with Gasteiger partial charge in [0.25, 0.3) is 0 Å². The number of rotatable bonds is 2. The standard InChI is InChI=1S/C20H31FO.C2H6/c1-20-9-8-17-16-5-2-13(11-21)10-14(16)3-6-18(17)19(20)7-4-15(20)12-22;1-2/h12-19H,2-11H2,1H3;1-2H3. The zero-order chi connectivity index (χ0) is 17.3. The summed E-state index contributed by atoms with van der Waals surface area (Å²) in [6.45, 7) is 6.31. The Bertz CT molecular complexity index is 436. The molecule has 0 radical (unpaired) electrons. The van der Waals surface area contributed by atoms with E-state index in [0.29, 0.717) is 17.3 Å². The summed E-state index contributed by atoms with van der Waals surface area (Å²) in [4.78, 5) is 11.5. The van der Waals surface area contributed by atoms with Crippen molar-refractivity contribution >= 4 is 6.29 Å². The fraction of sp³-hybridized carbons (Fsp3) is 0.955. The first-order chi connectivity index (χ1) is 11.7. The van der Waals surface area contributed by atoms with Crippen molar-refractivity contribution in [2.24, 2.45) is 46.8 Å². The lowest BCUT2D eigenvalue weighted by atomic mass is 9.49. The SMILES string of the molecule is CC.CC12CCC3C4CCC(CF)CC4CCC3C1CCC2C=O. The summed E-state index contributed by atoms with van der Waals surface area (Å²) in [5.74, 6) is 4.91. The van der Waals surface area contributed by atoms with Crippen LogP contribution in [-0.4, -0.2) is 13.0 Å². The van der Waals surface area contributed by atoms with E-state index >= 15 is 0 Å². The molecular formula is C22H37FO. The van der Waals surface area contributed by atoms with Gasteiger partial charge in [0.05, 0.1) is 6.67 Å². The van der Waals surface area contributed by atoms with E-state index in [1.807, 2.05) is 13.8 Å². The molecule has 4 aliphatic rings. The zero-order valence-corrected chi connectivity index (χ0v) is 16.0. The van der Waals surface area contributed by atoms with E-state index in [4.69, 9.17) is 0 Å². The summed E-state index contributed by atoms with van der Waals surface area (Å²) in [7, 11) is 0. The lowest BCUT2D eigenvalue weighted by Gasteiger charge is -2.56. The molecule has 0 spiro atoms. The predicted octanol–water partition coefficient (Wildman–Crippen LogP) is 6.07. The Morgan fingerprint density at radius 2 is 1.71 bits per heavy atom. The van der Waals surface area contributed by atoms with Gasteiger partial charge in [0.15, 0.2) is 0 Å². The number of fused-ring (bicyclic) bond motifs is 5. The van der Waals surface area contributed by atoms with Gasteiger partial charge in [-0.25, -0.2) is 0 Å². The molecule has 24 heavy (non-hydrogen) atoms. The van der Waals surface area contributed by atoms with Gasteiger partial charge < -0.3 is 4.79 Å². The molecule has 0 amide bonds. The van der Waals surface area contributed by atoms with Gasteiger partial charge in [-0.1, -0.05) is 20.8 Å². The number of carbonyl (C=O) groups is 1. The summed E-state index contributed by atoms with van der Waals surface area (Å²) in [6, 6.07) is 0. The van der Waals surface area contributed by atoms with Crippen LogP contribution in [0.5, 0.6) is 0 Å². The number of aldehydes is 1. The number of hydrogen-bond donors (Lipinski definition) is 0. The van der Waals surface area contributed by atoms with Gasteiger partial charge in [-0.15, -0.1) is 0 Å². The van der Waals surface area contributed by atoms with Gasteiger partial charge >= 0.3 is 0 Å². The number of alkyl halides is 1. The molecule has 0 heterocycles. The lowest BCUT2D eigenvalue weighted by molar-refractivity contribution is -0.118. The van der Waals surface area contributed by atoms with Crippen LogP contribution in [0.4, 0.5) is 4.39 Å². The van der Waals surface area contributed by atoms with Crippen molar-refractivity contribution in [1.29, 1.82) is 0 Å². The molecule has 4 aliphatic carbocycles. The Morgan fingerprint density at radius 3 is 2.42 bits per heavy atom. The van der Waals surface area contributed by atoms with Gasteiger partial charge in [-0.05, 0) is 98.7 Å². The summed E-state index contributed by atoms with van der Waals surface area (Å²) in [5.41, 5.74) is 0.298. The van der Waals surface area contributed by atoms with E-state index in [1.54, 1.807) is 0 Å². The fourth-order valence-electron chi connectivity index (χ4n) is 7.35. The monoisotopic (exact) mass is 336 g/mol. The van der Waals surface area contributed by atoms with Crippen LogP contribution < -0.4 is 0 Å². The van der Waals surface area contributed by atoms with Crippen LogP contribution in [0, 0.1) is 46.8 Å². The Kier molecular flexibility index (Phi) is 5.72. The fourth-order valence-corrected chi connectivity index (χ4v) is 7.35. The molecule has 2 heteroatoms. The van der Waals surface area contributed by atoms with Crippen molar-refractivity contribution in [3.05, 3.63) is 0 Å². The Morgan fingerprint density at radius 1 is 0.958 bits per heavy atom. The van der Waals surface area contributed by atoms with E-state index in [-0.39, 0.29) is 6.67 Å². The molecule has 0 aromatic rings. The third kappa shape index (κ3) is 2.86. The molecule has 4 rings (SSSR count). The number of carbonyl (C=O) groups excluding carboxylic acids is 1. The molecule has 8 atom stereocenters. The average Bonchev–Trinajstić information content (AvgIpc) is 2.99. The van der Waals surface area contributed by atoms with Crippen molar-refractivity contribution in [3.63, 3.8) is 0 Å². The average molecular weight is 337 g/mol. The molecule has 4 fully saturated rings.